The number of benzene rings is 1. The Morgan fingerprint density at radius 2 is 2.11 bits per heavy atom. The van der Waals surface area contributed by atoms with Gasteiger partial charge in [0.15, 0.2) is 5.13 Å². The van der Waals surface area contributed by atoms with Crippen LogP contribution in [0.5, 0.6) is 0 Å². The van der Waals surface area contributed by atoms with E-state index in [9.17, 15) is 9.59 Å². The minimum absolute atomic E-state index is 0.0320. The van der Waals surface area contributed by atoms with Crippen LogP contribution in [-0.2, 0) is 17.6 Å². The van der Waals surface area contributed by atoms with E-state index in [1.54, 1.807) is 16.2 Å². The molecule has 1 fully saturated rings. The van der Waals surface area contributed by atoms with Crippen molar-refractivity contribution in [3.8, 4) is 0 Å². The number of hydrogen-bond acceptors (Lipinski definition) is 4. The lowest BCUT2D eigenvalue weighted by atomic mass is 9.97. The minimum atomic E-state index is -0.194. The van der Waals surface area contributed by atoms with Crippen LogP contribution in [0.1, 0.15) is 35.4 Å². The number of carbonyl (C=O) groups is 2. The summed E-state index contributed by atoms with van der Waals surface area (Å²) in [6.45, 7) is 3.10. The van der Waals surface area contributed by atoms with Gasteiger partial charge in [0.2, 0.25) is 5.91 Å². The van der Waals surface area contributed by atoms with Crippen molar-refractivity contribution in [2.24, 2.45) is 5.92 Å². The molecule has 7 heteroatoms. The number of rotatable bonds is 3. The molecule has 2 aliphatic rings. The van der Waals surface area contributed by atoms with E-state index < -0.39 is 0 Å². The van der Waals surface area contributed by atoms with Gasteiger partial charge in [-0.15, -0.1) is 11.3 Å². The number of amides is 3. The Hall–Kier alpha value is -2.41. The molecule has 0 radical (unpaired) electrons. The van der Waals surface area contributed by atoms with E-state index in [1.165, 1.54) is 4.88 Å². The van der Waals surface area contributed by atoms with Gasteiger partial charge in [0, 0.05) is 23.7 Å². The number of hydrogen-bond donors (Lipinski definition) is 2. The molecule has 6 nitrogen and oxygen atoms in total. The van der Waals surface area contributed by atoms with Crippen molar-refractivity contribution >= 4 is 34.1 Å². The van der Waals surface area contributed by atoms with Gasteiger partial charge in [-0.3, -0.25) is 4.79 Å². The molecule has 4 rings (SSSR count). The number of aromatic nitrogens is 1. The Kier molecular flexibility index (Phi) is 5.11. The smallest absolute Gasteiger partial charge is 0.321 e. The highest BCUT2D eigenvalue weighted by molar-refractivity contribution is 7.15. The quantitative estimate of drug-likeness (QED) is 0.845. The predicted molar refractivity (Wildman–Crippen MR) is 107 cm³/mol. The maximum Gasteiger partial charge on any atom is 0.321 e. The predicted octanol–water partition coefficient (Wildman–Crippen LogP) is 3.82. The Labute approximate surface area is 163 Å². The number of likely N-dealkylation sites (tertiary alicyclic amines) is 1. The van der Waals surface area contributed by atoms with Gasteiger partial charge in [0.25, 0.3) is 0 Å². The van der Waals surface area contributed by atoms with Crippen LogP contribution in [0.4, 0.5) is 15.6 Å². The van der Waals surface area contributed by atoms with Crippen molar-refractivity contribution in [1.29, 1.82) is 0 Å². The van der Waals surface area contributed by atoms with Gasteiger partial charge in [-0.1, -0.05) is 12.1 Å². The molecule has 0 saturated carbocycles. The molecule has 2 heterocycles. The highest BCUT2D eigenvalue weighted by Gasteiger charge is 2.29. The van der Waals surface area contributed by atoms with Crippen LogP contribution in [0.25, 0.3) is 0 Å². The van der Waals surface area contributed by atoms with Gasteiger partial charge >= 0.3 is 6.03 Å². The second kappa shape index (κ2) is 7.68. The molecule has 2 aromatic rings. The Balaban J connectivity index is 1.35. The topological polar surface area (TPSA) is 74.3 Å². The highest BCUT2D eigenvalue weighted by Crippen LogP contribution is 2.31. The lowest BCUT2D eigenvalue weighted by Gasteiger charge is -2.31. The molecule has 0 bridgehead atoms. The summed E-state index contributed by atoms with van der Waals surface area (Å²) in [5.74, 6) is -0.226. The summed E-state index contributed by atoms with van der Waals surface area (Å²) < 4.78 is 0. The van der Waals surface area contributed by atoms with Gasteiger partial charge in [0.05, 0.1) is 11.6 Å². The van der Waals surface area contributed by atoms with Crippen molar-refractivity contribution in [3.63, 3.8) is 0 Å². The number of fused-ring (bicyclic) bond motifs is 1. The monoisotopic (exact) mass is 384 g/mol. The third kappa shape index (κ3) is 4.13. The fourth-order valence-electron chi connectivity index (χ4n) is 3.75. The maximum absolute atomic E-state index is 12.7. The molecule has 1 aliphatic heterocycles. The first-order chi connectivity index (χ1) is 13.1. The van der Waals surface area contributed by atoms with Crippen molar-refractivity contribution in [2.75, 3.05) is 23.7 Å². The number of aryl methyl sites for hydroxylation is 3. The Morgan fingerprint density at radius 3 is 2.93 bits per heavy atom. The Morgan fingerprint density at radius 1 is 1.22 bits per heavy atom. The number of carbonyl (C=O) groups excluding carboxylic acids is 2. The molecule has 142 valence electrons. The molecular formula is C20H24N4O2S. The third-order valence-electron chi connectivity index (χ3n) is 5.17. The largest absolute Gasteiger partial charge is 0.324 e. The van der Waals surface area contributed by atoms with Crippen LogP contribution < -0.4 is 10.6 Å². The molecule has 1 aliphatic carbocycles. The van der Waals surface area contributed by atoms with Gasteiger partial charge in [-0.2, -0.15) is 0 Å². The van der Waals surface area contributed by atoms with E-state index in [4.69, 9.17) is 0 Å². The maximum atomic E-state index is 12.7. The van der Waals surface area contributed by atoms with Crippen LogP contribution >= 0.6 is 11.3 Å². The fraction of sp³-hybridized carbons (Fsp3) is 0.450. The summed E-state index contributed by atoms with van der Waals surface area (Å²) in [4.78, 5) is 32.8. The SMILES string of the molecule is Cc1cccc(NC(=O)N2CCC[C@@H](C(=O)Nc3nc4c(s3)CCC4)C2)c1. The van der Waals surface area contributed by atoms with Crippen molar-refractivity contribution in [3.05, 3.63) is 40.4 Å². The number of anilines is 2. The number of nitrogens with one attached hydrogen (secondary N) is 2. The van der Waals surface area contributed by atoms with Crippen LogP contribution in [-0.4, -0.2) is 34.9 Å². The zero-order valence-corrected chi connectivity index (χ0v) is 16.3. The first-order valence-electron chi connectivity index (χ1n) is 9.50. The van der Waals surface area contributed by atoms with E-state index >= 15 is 0 Å². The summed E-state index contributed by atoms with van der Waals surface area (Å²) >= 11 is 1.59. The summed E-state index contributed by atoms with van der Waals surface area (Å²) in [5, 5.41) is 6.60. The van der Waals surface area contributed by atoms with Gasteiger partial charge in [-0.25, -0.2) is 9.78 Å². The summed E-state index contributed by atoms with van der Waals surface area (Å²) in [7, 11) is 0. The molecule has 2 N–H and O–H groups in total. The summed E-state index contributed by atoms with van der Waals surface area (Å²) in [6, 6.07) is 7.58. The zero-order chi connectivity index (χ0) is 18.8. The average molecular weight is 385 g/mol. The zero-order valence-electron chi connectivity index (χ0n) is 15.5. The molecule has 0 spiro atoms. The van der Waals surface area contributed by atoms with Crippen LogP contribution in [0, 0.1) is 12.8 Å². The normalized spacial score (nSPS) is 18.9. The number of thiazole rings is 1. The highest BCUT2D eigenvalue weighted by atomic mass is 32.1. The van der Waals surface area contributed by atoms with Crippen LogP contribution in [0.2, 0.25) is 0 Å². The van der Waals surface area contributed by atoms with E-state index in [2.05, 4.69) is 15.6 Å². The number of urea groups is 1. The number of nitrogens with zero attached hydrogens (tertiary/aromatic N) is 2. The average Bonchev–Trinajstić information content (AvgIpc) is 3.23. The van der Waals surface area contributed by atoms with E-state index in [-0.39, 0.29) is 17.9 Å². The molecule has 0 unspecified atom stereocenters. The molecule has 1 saturated heterocycles. The molecule has 1 atom stereocenters. The Bertz CT molecular complexity index is 842. The second-order valence-corrected chi connectivity index (χ2v) is 8.40. The van der Waals surface area contributed by atoms with Gasteiger partial charge in [-0.05, 0) is 56.7 Å². The number of piperidine rings is 1. The van der Waals surface area contributed by atoms with E-state index in [1.807, 2.05) is 31.2 Å². The second-order valence-electron chi connectivity index (χ2n) is 7.32. The molecule has 3 amide bonds. The van der Waals surface area contributed by atoms with Crippen molar-refractivity contribution < 1.29 is 9.59 Å². The standard InChI is InChI=1S/C20H24N4O2S/c1-13-5-2-7-15(11-13)21-20(26)24-10-4-6-14(12-24)18(25)23-19-22-16-8-3-9-17(16)27-19/h2,5,7,11,14H,3-4,6,8-10,12H2,1H3,(H,21,26)(H,22,23,25)/t14-/m1/s1. The first kappa shape index (κ1) is 18.0. The van der Waals surface area contributed by atoms with Crippen molar-refractivity contribution in [1.82, 2.24) is 9.88 Å². The van der Waals surface area contributed by atoms with Crippen molar-refractivity contribution in [2.45, 2.75) is 39.0 Å². The molecule has 27 heavy (non-hydrogen) atoms. The molecule has 1 aromatic carbocycles. The third-order valence-corrected chi connectivity index (χ3v) is 6.25. The van der Waals surface area contributed by atoms with E-state index in [0.29, 0.717) is 18.2 Å². The molecule has 1 aromatic heterocycles. The van der Waals surface area contributed by atoms with Gasteiger partial charge < -0.3 is 15.5 Å². The van der Waals surface area contributed by atoms with E-state index in [0.717, 1.165) is 49.0 Å². The van der Waals surface area contributed by atoms with Crippen LogP contribution in [0.15, 0.2) is 24.3 Å². The molecular weight excluding hydrogens is 360 g/mol. The fourth-order valence-corrected chi connectivity index (χ4v) is 4.81. The first-order valence-corrected chi connectivity index (χ1v) is 10.3. The summed E-state index contributed by atoms with van der Waals surface area (Å²) in [6.07, 6.45) is 4.87. The van der Waals surface area contributed by atoms with Crippen LogP contribution in [0.3, 0.4) is 0 Å². The summed E-state index contributed by atoms with van der Waals surface area (Å²) in [5.41, 5.74) is 3.01. The lowest BCUT2D eigenvalue weighted by molar-refractivity contribution is -0.121. The lowest BCUT2D eigenvalue weighted by Crippen LogP contribution is -2.45. The minimum Gasteiger partial charge on any atom is -0.324 e. The van der Waals surface area contributed by atoms with Gasteiger partial charge in [0.1, 0.15) is 0 Å².